The molecule has 2 N–H and O–H groups in total. The fourth-order valence-corrected chi connectivity index (χ4v) is 2.17. The Kier molecular flexibility index (Phi) is 7.07. The summed E-state index contributed by atoms with van der Waals surface area (Å²) < 4.78 is 5.06. The van der Waals surface area contributed by atoms with Crippen LogP contribution in [0.3, 0.4) is 0 Å². The monoisotopic (exact) mass is 369 g/mol. The molecule has 27 heavy (non-hydrogen) atoms. The molecule has 0 bridgehead atoms. The van der Waals surface area contributed by atoms with E-state index in [2.05, 4.69) is 10.6 Å². The first-order chi connectivity index (χ1) is 13.0. The molecule has 8 heteroatoms. The summed E-state index contributed by atoms with van der Waals surface area (Å²) in [4.78, 5) is 33.8. The van der Waals surface area contributed by atoms with Crippen LogP contribution >= 0.6 is 0 Å². The Morgan fingerprint density at radius 2 is 1.93 bits per heavy atom. The molecule has 0 radical (unpaired) electrons. The summed E-state index contributed by atoms with van der Waals surface area (Å²) in [5.74, 6) is 0.0512. The van der Waals surface area contributed by atoms with E-state index in [1.807, 2.05) is 12.1 Å². The zero-order chi connectivity index (χ0) is 19.6. The number of methoxy groups -OCH3 is 1. The van der Waals surface area contributed by atoms with Gasteiger partial charge in [0.1, 0.15) is 5.75 Å². The maximum Gasteiger partial charge on any atom is 0.271 e. The molecule has 0 aliphatic heterocycles. The highest BCUT2D eigenvalue weighted by molar-refractivity contribution is 5.93. The lowest BCUT2D eigenvalue weighted by molar-refractivity contribution is -0.384. The van der Waals surface area contributed by atoms with Gasteiger partial charge in [-0.05, 0) is 29.8 Å². The lowest BCUT2D eigenvalue weighted by Gasteiger charge is -2.05. The minimum Gasteiger partial charge on any atom is -0.497 e. The normalized spacial score (nSPS) is 10.4. The summed E-state index contributed by atoms with van der Waals surface area (Å²) in [5, 5.41) is 15.9. The predicted octanol–water partition coefficient (Wildman–Crippen LogP) is 2.76. The van der Waals surface area contributed by atoms with Crippen LogP contribution in [-0.2, 0) is 9.59 Å². The standard InChI is InChI=1S/C19H19N3O5/c1-27-17-8-5-14(6-9-17)7-10-18(23)20-12-11-19(24)21-15-3-2-4-16(13-15)22(25)26/h2-10,13H,11-12H2,1H3,(H,20,23)(H,21,24). The SMILES string of the molecule is COc1ccc(C=CC(=O)NCCC(=O)Nc2cccc([N+](=O)[O-])c2)cc1. The van der Waals surface area contributed by atoms with Crippen LogP contribution in [0.25, 0.3) is 6.08 Å². The molecule has 0 unspecified atom stereocenters. The Balaban J connectivity index is 1.75. The highest BCUT2D eigenvalue weighted by Gasteiger charge is 2.08. The van der Waals surface area contributed by atoms with Crippen LogP contribution in [0.15, 0.2) is 54.6 Å². The van der Waals surface area contributed by atoms with E-state index in [1.165, 1.54) is 24.3 Å². The van der Waals surface area contributed by atoms with Crippen molar-refractivity contribution in [2.45, 2.75) is 6.42 Å². The number of carbonyl (C=O) groups is 2. The van der Waals surface area contributed by atoms with Crippen LogP contribution in [0, 0.1) is 10.1 Å². The second-order valence-corrected chi connectivity index (χ2v) is 5.50. The van der Waals surface area contributed by atoms with Gasteiger partial charge in [0, 0.05) is 36.9 Å². The quantitative estimate of drug-likeness (QED) is 0.422. The van der Waals surface area contributed by atoms with Crippen molar-refractivity contribution in [3.63, 3.8) is 0 Å². The first-order valence-corrected chi connectivity index (χ1v) is 8.12. The van der Waals surface area contributed by atoms with Crippen LogP contribution in [0.5, 0.6) is 5.75 Å². The summed E-state index contributed by atoms with van der Waals surface area (Å²) in [5.41, 5.74) is 1.07. The minimum absolute atomic E-state index is 0.0464. The Bertz CT molecular complexity index is 847. The number of nitro benzene ring substituents is 1. The van der Waals surface area contributed by atoms with Crippen molar-refractivity contribution in [3.05, 3.63) is 70.3 Å². The summed E-state index contributed by atoms with van der Waals surface area (Å²) in [6.45, 7) is 0.145. The molecule has 2 aromatic carbocycles. The van der Waals surface area contributed by atoms with E-state index in [0.29, 0.717) is 5.69 Å². The number of ether oxygens (including phenoxy) is 1. The third-order valence-electron chi connectivity index (χ3n) is 3.53. The fourth-order valence-electron chi connectivity index (χ4n) is 2.17. The van der Waals surface area contributed by atoms with E-state index in [4.69, 9.17) is 4.74 Å². The first-order valence-electron chi connectivity index (χ1n) is 8.12. The van der Waals surface area contributed by atoms with Crippen LogP contribution < -0.4 is 15.4 Å². The van der Waals surface area contributed by atoms with E-state index in [0.717, 1.165) is 11.3 Å². The van der Waals surface area contributed by atoms with Gasteiger partial charge in [-0.1, -0.05) is 18.2 Å². The molecule has 0 aliphatic carbocycles. The zero-order valence-corrected chi connectivity index (χ0v) is 14.7. The van der Waals surface area contributed by atoms with Crippen molar-refractivity contribution >= 4 is 29.3 Å². The highest BCUT2D eigenvalue weighted by Crippen LogP contribution is 2.17. The van der Waals surface area contributed by atoms with Gasteiger partial charge >= 0.3 is 0 Å². The van der Waals surface area contributed by atoms with Crippen LogP contribution in [0.2, 0.25) is 0 Å². The molecule has 0 fully saturated rings. The second-order valence-electron chi connectivity index (χ2n) is 5.50. The average molecular weight is 369 g/mol. The van der Waals surface area contributed by atoms with E-state index in [-0.39, 0.29) is 30.5 Å². The number of rotatable bonds is 8. The lowest BCUT2D eigenvalue weighted by Crippen LogP contribution is -2.26. The van der Waals surface area contributed by atoms with Gasteiger partial charge in [-0.25, -0.2) is 0 Å². The number of carbonyl (C=O) groups excluding carboxylic acids is 2. The first kappa shape index (κ1) is 19.6. The molecular weight excluding hydrogens is 350 g/mol. The lowest BCUT2D eigenvalue weighted by atomic mass is 10.2. The largest absolute Gasteiger partial charge is 0.497 e. The van der Waals surface area contributed by atoms with Crippen molar-refractivity contribution in [1.82, 2.24) is 5.32 Å². The number of amides is 2. The molecule has 0 spiro atoms. The maximum absolute atomic E-state index is 11.9. The number of nitrogens with zero attached hydrogens (tertiary/aromatic N) is 1. The Hall–Kier alpha value is -3.68. The van der Waals surface area contributed by atoms with Gasteiger partial charge in [0.15, 0.2) is 0 Å². The number of benzene rings is 2. The van der Waals surface area contributed by atoms with E-state index in [9.17, 15) is 19.7 Å². The van der Waals surface area contributed by atoms with Gasteiger partial charge in [0.05, 0.1) is 12.0 Å². The summed E-state index contributed by atoms with van der Waals surface area (Å²) in [7, 11) is 1.58. The second kappa shape index (κ2) is 9.71. The number of nitro groups is 1. The Labute approximate surface area is 156 Å². The molecule has 0 aromatic heterocycles. The van der Waals surface area contributed by atoms with Gasteiger partial charge in [-0.15, -0.1) is 0 Å². The van der Waals surface area contributed by atoms with Crippen LogP contribution in [0.4, 0.5) is 11.4 Å². The molecule has 0 atom stereocenters. The number of hydrogen-bond donors (Lipinski definition) is 2. The van der Waals surface area contributed by atoms with Crippen LogP contribution in [0.1, 0.15) is 12.0 Å². The summed E-state index contributed by atoms with van der Waals surface area (Å²) in [6, 6.07) is 12.9. The van der Waals surface area contributed by atoms with Gasteiger partial charge in [0.2, 0.25) is 11.8 Å². The van der Waals surface area contributed by atoms with Crippen molar-refractivity contribution < 1.29 is 19.2 Å². The molecule has 8 nitrogen and oxygen atoms in total. The van der Waals surface area contributed by atoms with E-state index >= 15 is 0 Å². The molecule has 2 rings (SSSR count). The molecule has 0 saturated heterocycles. The van der Waals surface area contributed by atoms with E-state index < -0.39 is 4.92 Å². The Morgan fingerprint density at radius 3 is 2.59 bits per heavy atom. The molecule has 2 amide bonds. The third kappa shape index (κ3) is 6.62. The smallest absolute Gasteiger partial charge is 0.271 e. The maximum atomic E-state index is 11.9. The van der Waals surface area contributed by atoms with Crippen molar-refractivity contribution in [1.29, 1.82) is 0 Å². The molecule has 0 heterocycles. The van der Waals surface area contributed by atoms with E-state index in [1.54, 1.807) is 31.4 Å². The summed E-state index contributed by atoms with van der Waals surface area (Å²) >= 11 is 0. The number of hydrogen-bond acceptors (Lipinski definition) is 5. The van der Waals surface area contributed by atoms with Crippen molar-refractivity contribution in [2.24, 2.45) is 0 Å². The molecule has 2 aromatic rings. The highest BCUT2D eigenvalue weighted by atomic mass is 16.6. The fraction of sp³-hybridized carbons (Fsp3) is 0.158. The van der Waals surface area contributed by atoms with Gasteiger partial charge < -0.3 is 15.4 Å². The average Bonchev–Trinajstić information content (AvgIpc) is 2.67. The van der Waals surface area contributed by atoms with Gasteiger partial charge in [-0.3, -0.25) is 19.7 Å². The number of non-ortho nitro benzene ring substituents is 1. The molecule has 0 saturated carbocycles. The molecule has 0 aliphatic rings. The number of nitrogens with one attached hydrogen (secondary N) is 2. The Morgan fingerprint density at radius 1 is 1.19 bits per heavy atom. The van der Waals surface area contributed by atoms with Crippen molar-refractivity contribution in [3.8, 4) is 5.75 Å². The molecule has 140 valence electrons. The number of anilines is 1. The zero-order valence-electron chi connectivity index (χ0n) is 14.7. The minimum atomic E-state index is -0.537. The van der Waals surface area contributed by atoms with Gasteiger partial charge in [0.25, 0.3) is 5.69 Å². The third-order valence-corrected chi connectivity index (χ3v) is 3.53. The summed E-state index contributed by atoms with van der Waals surface area (Å²) in [6.07, 6.45) is 3.07. The predicted molar refractivity (Wildman–Crippen MR) is 101 cm³/mol. The van der Waals surface area contributed by atoms with Gasteiger partial charge in [-0.2, -0.15) is 0 Å². The van der Waals surface area contributed by atoms with Crippen molar-refractivity contribution in [2.75, 3.05) is 19.0 Å². The molecular formula is C19H19N3O5. The van der Waals surface area contributed by atoms with Crippen LogP contribution in [-0.4, -0.2) is 30.4 Å². The topological polar surface area (TPSA) is 111 Å².